The second kappa shape index (κ2) is 4.81. The molecule has 0 radical (unpaired) electrons. The molecule has 0 unspecified atom stereocenters. The van der Waals surface area contributed by atoms with Gasteiger partial charge in [-0.3, -0.25) is 0 Å². The molecule has 0 aliphatic rings. The molecule has 0 rings (SSSR count). The highest BCUT2D eigenvalue weighted by Gasteiger charge is 2.02. The van der Waals surface area contributed by atoms with Crippen LogP contribution in [0, 0.1) is 0 Å². The highest BCUT2D eigenvalue weighted by Crippen LogP contribution is 1.82. The van der Waals surface area contributed by atoms with Gasteiger partial charge in [0.15, 0.2) is 0 Å². The third-order valence-electron chi connectivity index (χ3n) is 0.589. The van der Waals surface area contributed by atoms with Crippen molar-refractivity contribution in [2.45, 2.75) is 0 Å². The summed E-state index contributed by atoms with van der Waals surface area (Å²) >= 11 is 5.11. The molecule has 10 heavy (non-hydrogen) atoms. The van der Waals surface area contributed by atoms with Crippen LogP contribution in [-0.2, 0) is 4.79 Å². The van der Waals surface area contributed by atoms with Gasteiger partial charge in [0.05, 0.1) is 6.54 Å². The second-order valence-electron chi connectivity index (χ2n) is 1.36. The molecule has 56 valence electrons. The van der Waals surface area contributed by atoms with Gasteiger partial charge < -0.3 is 10.5 Å². The maximum Gasteiger partial charge on any atom is 0.368 e. The van der Waals surface area contributed by atoms with Crippen LogP contribution in [0.3, 0.4) is 0 Å². The predicted octanol–water partition coefficient (Wildman–Crippen LogP) is 0.399. The van der Waals surface area contributed by atoms with Gasteiger partial charge in [-0.15, -0.1) is 6.58 Å². The van der Waals surface area contributed by atoms with E-state index in [9.17, 15) is 4.79 Å². The van der Waals surface area contributed by atoms with E-state index in [1.165, 1.54) is 6.08 Å². The van der Waals surface area contributed by atoms with Gasteiger partial charge in [0.2, 0.25) is 5.17 Å². The van der Waals surface area contributed by atoms with Crippen molar-refractivity contribution in [3.63, 3.8) is 0 Å². The summed E-state index contributed by atoms with van der Waals surface area (Å²) in [7, 11) is 0. The quantitative estimate of drug-likeness (QED) is 0.272. The lowest BCUT2D eigenvalue weighted by atomic mass is 10.7. The van der Waals surface area contributed by atoms with E-state index in [0.717, 1.165) is 0 Å². The largest absolute Gasteiger partial charge is 0.476 e. The molecule has 0 aromatic rings. The average molecular weight is 163 g/mol. The smallest absolute Gasteiger partial charge is 0.368 e. The number of hydrogen-bond acceptors (Lipinski definition) is 3. The molecule has 0 atom stereocenters. The van der Waals surface area contributed by atoms with Crippen LogP contribution in [0.15, 0.2) is 17.8 Å². The first kappa shape index (κ1) is 8.97. The molecule has 0 spiro atoms. The molecule has 0 aliphatic heterocycles. The Balaban J connectivity index is 3.68. The highest BCUT2D eigenvalue weighted by atomic mass is 35.5. The summed E-state index contributed by atoms with van der Waals surface area (Å²) in [5.41, 5.74) is 2.37. The van der Waals surface area contributed by atoms with Gasteiger partial charge in [0.1, 0.15) is 0 Å². The number of halogens is 1. The SMILES string of the molecule is C=CCNN=C(Cl)C(=O)O. The molecule has 5 heteroatoms. The zero-order valence-electron chi connectivity index (χ0n) is 5.17. The van der Waals surface area contributed by atoms with Crippen molar-refractivity contribution in [2.24, 2.45) is 5.10 Å². The number of carbonyl (C=O) groups is 1. The van der Waals surface area contributed by atoms with Crippen molar-refractivity contribution in [3.05, 3.63) is 12.7 Å². The summed E-state index contributed by atoms with van der Waals surface area (Å²) in [6.07, 6.45) is 1.54. The minimum atomic E-state index is -1.25. The minimum Gasteiger partial charge on any atom is -0.476 e. The average Bonchev–Trinajstić information content (AvgIpc) is 1.88. The maximum atomic E-state index is 9.96. The van der Waals surface area contributed by atoms with Crippen LogP contribution < -0.4 is 5.43 Å². The molecule has 0 bridgehead atoms. The van der Waals surface area contributed by atoms with Crippen molar-refractivity contribution in [1.29, 1.82) is 0 Å². The highest BCUT2D eigenvalue weighted by molar-refractivity contribution is 6.81. The first-order chi connectivity index (χ1) is 4.68. The van der Waals surface area contributed by atoms with E-state index in [0.29, 0.717) is 6.54 Å². The fourth-order valence-corrected chi connectivity index (χ4v) is 0.287. The maximum absolute atomic E-state index is 9.96. The number of aliphatic carboxylic acids is 1. The second-order valence-corrected chi connectivity index (χ2v) is 1.72. The third kappa shape index (κ3) is 3.91. The summed E-state index contributed by atoms with van der Waals surface area (Å²) < 4.78 is 0. The van der Waals surface area contributed by atoms with E-state index in [1.54, 1.807) is 0 Å². The van der Waals surface area contributed by atoms with Crippen molar-refractivity contribution >= 4 is 22.7 Å². The molecular formula is C5H7ClN2O2. The first-order valence-electron chi connectivity index (χ1n) is 2.48. The van der Waals surface area contributed by atoms with Gasteiger partial charge in [-0.25, -0.2) is 4.79 Å². The molecule has 0 heterocycles. The Morgan fingerprint density at radius 3 is 2.90 bits per heavy atom. The zero-order valence-corrected chi connectivity index (χ0v) is 5.93. The van der Waals surface area contributed by atoms with Gasteiger partial charge in [-0.2, -0.15) is 5.10 Å². The summed E-state index contributed by atoms with van der Waals surface area (Å²) in [5, 5.41) is 10.9. The molecule has 0 amide bonds. The van der Waals surface area contributed by atoms with Crippen LogP contribution in [0.2, 0.25) is 0 Å². The van der Waals surface area contributed by atoms with Crippen LogP contribution in [0.1, 0.15) is 0 Å². The lowest BCUT2D eigenvalue weighted by Gasteiger charge is -1.92. The Kier molecular flexibility index (Phi) is 4.32. The summed E-state index contributed by atoms with van der Waals surface area (Å²) in [6, 6.07) is 0. The predicted molar refractivity (Wildman–Crippen MR) is 39.1 cm³/mol. The number of hydrazone groups is 1. The molecule has 0 saturated heterocycles. The summed E-state index contributed by atoms with van der Waals surface area (Å²) in [4.78, 5) is 9.96. The van der Waals surface area contributed by atoms with Crippen LogP contribution in [-0.4, -0.2) is 22.8 Å². The lowest BCUT2D eigenvalue weighted by Crippen LogP contribution is -2.13. The molecule has 0 aromatic heterocycles. The normalized spacial score (nSPS) is 10.7. The number of rotatable bonds is 4. The molecule has 0 aliphatic carbocycles. The van der Waals surface area contributed by atoms with Gasteiger partial charge in [-0.05, 0) is 0 Å². The Morgan fingerprint density at radius 1 is 1.90 bits per heavy atom. The molecule has 0 aromatic carbocycles. The van der Waals surface area contributed by atoms with Crippen LogP contribution in [0.5, 0.6) is 0 Å². The standard InChI is InChI=1S/C5H7ClN2O2/c1-2-3-7-8-4(6)5(9)10/h2,7H,1,3H2,(H,9,10). The number of carboxylic acids is 1. The van der Waals surface area contributed by atoms with Gasteiger partial charge in [-0.1, -0.05) is 17.7 Å². The van der Waals surface area contributed by atoms with Crippen molar-refractivity contribution in [1.82, 2.24) is 5.43 Å². The lowest BCUT2D eigenvalue weighted by molar-refractivity contribution is -0.129. The van der Waals surface area contributed by atoms with E-state index in [4.69, 9.17) is 16.7 Å². The van der Waals surface area contributed by atoms with Crippen molar-refractivity contribution in [2.75, 3.05) is 6.54 Å². The summed E-state index contributed by atoms with van der Waals surface area (Å²) in [6.45, 7) is 3.77. The Bertz CT molecular complexity index is 167. The Hall–Kier alpha value is -1.03. The number of carboxylic acid groups (broad SMARTS) is 1. The summed E-state index contributed by atoms with van der Waals surface area (Å²) in [5.74, 6) is -1.25. The van der Waals surface area contributed by atoms with Gasteiger partial charge in [0, 0.05) is 0 Å². The van der Waals surface area contributed by atoms with Crippen molar-refractivity contribution in [3.8, 4) is 0 Å². The van der Waals surface area contributed by atoms with Gasteiger partial charge >= 0.3 is 5.97 Å². The van der Waals surface area contributed by atoms with Crippen LogP contribution >= 0.6 is 11.6 Å². The van der Waals surface area contributed by atoms with Crippen LogP contribution in [0.25, 0.3) is 0 Å². The Labute approximate surface area is 63.2 Å². The zero-order chi connectivity index (χ0) is 7.98. The number of nitrogens with zero attached hydrogens (tertiary/aromatic N) is 1. The van der Waals surface area contributed by atoms with E-state index in [2.05, 4.69) is 17.1 Å². The number of nitrogens with one attached hydrogen (secondary N) is 1. The van der Waals surface area contributed by atoms with E-state index in [1.807, 2.05) is 0 Å². The third-order valence-corrected chi connectivity index (χ3v) is 0.836. The number of hydrogen-bond donors (Lipinski definition) is 2. The molecule has 0 saturated carbocycles. The van der Waals surface area contributed by atoms with Gasteiger partial charge in [0.25, 0.3) is 0 Å². The van der Waals surface area contributed by atoms with E-state index < -0.39 is 11.1 Å². The fourth-order valence-electron chi connectivity index (χ4n) is 0.227. The first-order valence-corrected chi connectivity index (χ1v) is 2.86. The topological polar surface area (TPSA) is 61.7 Å². The fraction of sp³-hybridized carbons (Fsp3) is 0.200. The molecule has 0 fully saturated rings. The van der Waals surface area contributed by atoms with Crippen molar-refractivity contribution < 1.29 is 9.90 Å². The van der Waals surface area contributed by atoms with E-state index in [-0.39, 0.29) is 0 Å². The van der Waals surface area contributed by atoms with Crippen LogP contribution in [0.4, 0.5) is 0 Å². The minimum absolute atomic E-state index is 0.392. The molecule has 4 nitrogen and oxygen atoms in total. The Morgan fingerprint density at radius 2 is 2.50 bits per heavy atom. The van der Waals surface area contributed by atoms with E-state index >= 15 is 0 Å². The molecular weight excluding hydrogens is 156 g/mol. The monoisotopic (exact) mass is 162 g/mol. The molecule has 2 N–H and O–H groups in total.